The molecule has 0 bridgehead atoms. The van der Waals surface area contributed by atoms with Crippen molar-refractivity contribution in [3.8, 4) is 11.5 Å². The van der Waals surface area contributed by atoms with Crippen LogP contribution in [-0.4, -0.2) is 21.4 Å². The second-order valence-corrected chi connectivity index (χ2v) is 4.73. The molecule has 0 fully saturated rings. The number of aromatic hydroxyl groups is 2. The van der Waals surface area contributed by atoms with Crippen LogP contribution < -0.4 is 0 Å². The van der Waals surface area contributed by atoms with E-state index >= 15 is 0 Å². The first-order chi connectivity index (χ1) is 9.13. The monoisotopic (exact) mass is 258 g/mol. The molecule has 19 heavy (non-hydrogen) atoms. The van der Waals surface area contributed by atoms with Crippen molar-refractivity contribution in [3.05, 3.63) is 59.7 Å². The van der Waals surface area contributed by atoms with Crippen LogP contribution in [0.3, 0.4) is 0 Å². The molecule has 0 saturated carbocycles. The molecule has 0 aliphatic rings. The number of hydrogen-bond donors (Lipinski definition) is 3. The Bertz CT molecular complexity index is 503. The highest BCUT2D eigenvalue weighted by molar-refractivity contribution is 5.27. The Kier molecular flexibility index (Phi) is 4.42. The van der Waals surface area contributed by atoms with Crippen molar-refractivity contribution < 1.29 is 15.3 Å². The van der Waals surface area contributed by atoms with Gasteiger partial charge in [-0.1, -0.05) is 24.3 Å². The summed E-state index contributed by atoms with van der Waals surface area (Å²) in [6.07, 6.45) is 1.63. The zero-order valence-corrected chi connectivity index (χ0v) is 10.7. The molecule has 0 aromatic heterocycles. The predicted molar refractivity (Wildman–Crippen MR) is 74.2 cm³/mol. The fourth-order valence-electron chi connectivity index (χ4n) is 2.00. The number of aliphatic hydroxyl groups excluding tert-OH is 1. The first-order valence-electron chi connectivity index (χ1n) is 6.37. The molecule has 0 saturated heterocycles. The van der Waals surface area contributed by atoms with Gasteiger partial charge < -0.3 is 15.3 Å². The lowest BCUT2D eigenvalue weighted by Gasteiger charge is -2.10. The molecular formula is C16H18O3. The zero-order chi connectivity index (χ0) is 13.7. The normalized spacial score (nSPS) is 12.3. The Balaban J connectivity index is 1.82. The minimum Gasteiger partial charge on any atom is -0.508 e. The third kappa shape index (κ3) is 4.30. The summed E-state index contributed by atoms with van der Waals surface area (Å²) in [6.45, 7) is 0. The quantitative estimate of drug-likeness (QED) is 0.772. The minimum atomic E-state index is -0.404. The van der Waals surface area contributed by atoms with E-state index in [-0.39, 0.29) is 11.5 Å². The molecule has 3 heteroatoms. The van der Waals surface area contributed by atoms with Crippen molar-refractivity contribution in [2.24, 2.45) is 0 Å². The van der Waals surface area contributed by atoms with Crippen LogP contribution in [0.4, 0.5) is 0 Å². The fraction of sp³-hybridized carbons (Fsp3) is 0.250. The highest BCUT2D eigenvalue weighted by Gasteiger charge is 2.06. The van der Waals surface area contributed by atoms with E-state index in [1.807, 2.05) is 24.3 Å². The van der Waals surface area contributed by atoms with Gasteiger partial charge in [0.15, 0.2) is 0 Å². The van der Waals surface area contributed by atoms with Crippen molar-refractivity contribution in [2.75, 3.05) is 0 Å². The van der Waals surface area contributed by atoms with Gasteiger partial charge in [0.05, 0.1) is 6.10 Å². The summed E-state index contributed by atoms with van der Waals surface area (Å²) in [4.78, 5) is 0. The molecule has 0 aliphatic carbocycles. The molecular weight excluding hydrogens is 240 g/mol. The van der Waals surface area contributed by atoms with E-state index in [1.54, 1.807) is 24.3 Å². The van der Waals surface area contributed by atoms with E-state index in [4.69, 9.17) is 0 Å². The maximum Gasteiger partial charge on any atom is 0.115 e. The summed E-state index contributed by atoms with van der Waals surface area (Å²) in [6, 6.07) is 13.9. The Hall–Kier alpha value is -2.00. The molecule has 3 nitrogen and oxygen atoms in total. The first kappa shape index (κ1) is 13.4. The number of aliphatic hydroxyl groups is 1. The van der Waals surface area contributed by atoms with E-state index < -0.39 is 6.10 Å². The van der Waals surface area contributed by atoms with Crippen LogP contribution in [0.25, 0.3) is 0 Å². The number of hydrogen-bond acceptors (Lipinski definition) is 3. The largest absolute Gasteiger partial charge is 0.508 e. The zero-order valence-electron chi connectivity index (χ0n) is 10.7. The summed E-state index contributed by atoms with van der Waals surface area (Å²) >= 11 is 0. The van der Waals surface area contributed by atoms with Gasteiger partial charge in [-0.2, -0.15) is 0 Å². The third-order valence-electron chi connectivity index (χ3n) is 3.11. The summed E-state index contributed by atoms with van der Waals surface area (Å²) < 4.78 is 0. The highest BCUT2D eigenvalue weighted by atomic mass is 16.3. The molecule has 0 spiro atoms. The maximum atomic E-state index is 9.98. The number of rotatable bonds is 5. The van der Waals surface area contributed by atoms with Gasteiger partial charge in [0.1, 0.15) is 11.5 Å². The average molecular weight is 258 g/mol. The van der Waals surface area contributed by atoms with Crippen LogP contribution >= 0.6 is 0 Å². The molecule has 2 aromatic rings. The number of benzene rings is 2. The first-order valence-corrected chi connectivity index (χ1v) is 6.37. The van der Waals surface area contributed by atoms with E-state index in [0.29, 0.717) is 12.8 Å². The van der Waals surface area contributed by atoms with E-state index in [2.05, 4.69) is 0 Å². The summed E-state index contributed by atoms with van der Waals surface area (Å²) in [5, 5.41) is 28.3. The number of phenols is 2. The fourth-order valence-corrected chi connectivity index (χ4v) is 2.00. The van der Waals surface area contributed by atoms with Crippen LogP contribution in [0.1, 0.15) is 17.5 Å². The Labute approximate surface area is 112 Å². The molecule has 3 N–H and O–H groups in total. The second-order valence-electron chi connectivity index (χ2n) is 4.73. The topological polar surface area (TPSA) is 60.7 Å². The molecule has 100 valence electrons. The SMILES string of the molecule is Oc1ccc(CCC(O)Cc2ccc(O)cc2)cc1. The van der Waals surface area contributed by atoms with Crippen LogP contribution in [-0.2, 0) is 12.8 Å². The predicted octanol–water partition coefficient (Wildman–Crippen LogP) is 2.63. The molecule has 0 aliphatic heterocycles. The van der Waals surface area contributed by atoms with Crippen molar-refractivity contribution >= 4 is 0 Å². The lowest BCUT2D eigenvalue weighted by Crippen LogP contribution is -2.11. The van der Waals surface area contributed by atoms with Gasteiger partial charge in [0.25, 0.3) is 0 Å². The molecule has 2 aromatic carbocycles. The number of phenolic OH excluding ortho intramolecular Hbond substituents is 2. The van der Waals surface area contributed by atoms with Crippen LogP contribution in [0, 0.1) is 0 Å². The summed E-state index contributed by atoms with van der Waals surface area (Å²) in [5.74, 6) is 0.496. The van der Waals surface area contributed by atoms with Crippen molar-refractivity contribution in [2.45, 2.75) is 25.4 Å². The van der Waals surface area contributed by atoms with Gasteiger partial charge in [-0.25, -0.2) is 0 Å². The Morgan fingerprint density at radius 2 is 1.21 bits per heavy atom. The molecule has 0 radical (unpaired) electrons. The second kappa shape index (κ2) is 6.25. The van der Waals surface area contributed by atoms with E-state index in [1.165, 1.54) is 0 Å². The van der Waals surface area contributed by atoms with Crippen LogP contribution in [0.5, 0.6) is 11.5 Å². The van der Waals surface area contributed by atoms with Crippen LogP contribution in [0.2, 0.25) is 0 Å². The van der Waals surface area contributed by atoms with Crippen LogP contribution in [0.15, 0.2) is 48.5 Å². The van der Waals surface area contributed by atoms with E-state index in [0.717, 1.165) is 17.5 Å². The molecule has 1 unspecified atom stereocenters. The highest BCUT2D eigenvalue weighted by Crippen LogP contribution is 2.15. The van der Waals surface area contributed by atoms with E-state index in [9.17, 15) is 15.3 Å². The summed E-state index contributed by atoms with van der Waals surface area (Å²) in [5.41, 5.74) is 2.11. The van der Waals surface area contributed by atoms with Crippen molar-refractivity contribution in [1.82, 2.24) is 0 Å². The minimum absolute atomic E-state index is 0.238. The number of aryl methyl sites for hydroxylation is 1. The lowest BCUT2D eigenvalue weighted by atomic mass is 10.0. The molecule has 1 atom stereocenters. The van der Waals surface area contributed by atoms with Gasteiger partial charge in [0.2, 0.25) is 0 Å². The average Bonchev–Trinajstić information content (AvgIpc) is 2.41. The van der Waals surface area contributed by atoms with Gasteiger partial charge >= 0.3 is 0 Å². The van der Waals surface area contributed by atoms with Gasteiger partial charge in [-0.05, 0) is 54.7 Å². The Morgan fingerprint density at radius 3 is 1.74 bits per heavy atom. The maximum absolute atomic E-state index is 9.98. The smallest absolute Gasteiger partial charge is 0.115 e. The molecule has 2 rings (SSSR count). The van der Waals surface area contributed by atoms with Gasteiger partial charge in [0, 0.05) is 0 Å². The van der Waals surface area contributed by atoms with Gasteiger partial charge in [-0.3, -0.25) is 0 Å². The standard InChI is InChI=1S/C16H18O3/c17-14-6-1-12(2-7-14)3-10-16(19)11-13-4-8-15(18)9-5-13/h1-2,4-9,16-19H,3,10-11H2. The summed E-state index contributed by atoms with van der Waals surface area (Å²) in [7, 11) is 0. The molecule has 0 amide bonds. The van der Waals surface area contributed by atoms with Crippen molar-refractivity contribution in [1.29, 1.82) is 0 Å². The lowest BCUT2D eigenvalue weighted by molar-refractivity contribution is 0.165. The molecule has 0 heterocycles. The van der Waals surface area contributed by atoms with Gasteiger partial charge in [-0.15, -0.1) is 0 Å². The third-order valence-corrected chi connectivity index (χ3v) is 3.11. The van der Waals surface area contributed by atoms with Crippen molar-refractivity contribution in [3.63, 3.8) is 0 Å². The Morgan fingerprint density at radius 1 is 0.737 bits per heavy atom.